The Morgan fingerprint density at radius 1 is 0.929 bits per heavy atom. The highest BCUT2D eigenvalue weighted by atomic mass is 79.9. The Morgan fingerprint density at radius 2 is 1.64 bits per heavy atom. The molecule has 0 amide bonds. The number of halogens is 1. The Balaban J connectivity index is 0.00000192. The molecule has 3 aliphatic heterocycles. The van der Waals surface area contributed by atoms with Crippen molar-refractivity contribution >= 4 is 5.57 Å². The van der Waals surface area contributed by atoms with Crippen molar-refractivity contribution in [2.75, 3.05) is 14.1 Å². The molecule has 3 atom stereocenters. The summed E-state index contributed by atoms with van der Waals surface area (Å²) < 4.78 is 1.23. The fraction of sp³-hybridized carbons (Fsp3) is 0.360. The minimum absolute atomic E-state index is 0. The molecule has 146 valence electrons. The van der Waals surface area contributed by atoms with Gasteiger partial charge in [-0.15, -0.1) is 0 Å². The van der Waals surface area contributed by atoms with Crippen LogP contribution in [-0.4, -0.2) is 35.6 Å². The van der Waals surface area contributed by atoms with Gasteiger partial charge in [0, 0.05) is 43.0 Å². The highest BCUT2D eigenvalue weighted by molar-refractivity contribution is 5.87. The first-order chi connectivity index (χ1) is 13.1. The summed E-state index contributed by atoms with van der Waals surface area (Å²) in [6.07, 6.45) is 10.1. The molecule has 3 heterocycles. The lowest BCUT2D eigenvalue weighted by molar-refractivity contribution is -0.931. The molecular weight excluding hydrogens is 408 g/mol. The van der Waals surface area contributed by atoms with E-state index in [0.717, 1.165) is 12.1 Å². The molecule has 4 aliphatic rings. The molecule has 2 saturated heterocycles. The minimum Gasteiger partial charge on any atom is -1.00 e. The van der Waals surface area contributed by atoms with E-state index < -0.39 is 0 Å². The molecule has 2 bridgehead atoms. The van der Waals surface area contributed by atoms with Gasteiger partial charge in [0.05, 0.1) is 31.9 Å². The van der Waals surface area contributed by atoms with Crippen molar-refractivity contribution in [3.8, 4) is 11.1 Å². The maximum atomic E-state index is 3.57. The van der Waals surface area contributed by atoms with Gasteiger partial charge < -0.3 is 26.4 Å². The molecule has 0 aromatic heterocycles. The summed E-state index contributed by atoms with van der Waals surface area (Å²) in [7, 11) is 4.89. The third-order valence-electron chi connectivity index (χ3n) is 7.23. The summed E-state index contributed by atoms with van der Waals surface area (Å²) in [4.78, 5) is 3.57. The number of nitrogens with one attached hydrogen (secondary N) is 1. The lowest BCUT2D eigenvalue weighted by Crippen LogP contribution is -3.00. The zero-order valence-corrected chi connectivity index (χ0v) is 18.3. The summed E-state index contributed by atoms with van der Waals surface area (Å²) >= 11 is 0. The van der Waals surface area contributed by atoms with E-state index in [1.165, 1.54) is 58.1 Å². The zero-order valence-electron chi connectivity index (χ0n) is 16.7. The summed E-state index contributed by atoms with van der Waals surface area (Å²) in [5, 5.41) is 0. The normalized spacial score (nSPS) is 26.2. The van der Waals surface area contributed by atoms with Crippen LogP contribution in [0.1, 0.15) is 36.9 Å². The van der Waals surface area contributed by atoms with Crippen LogP contribution in [-0.2, 0) is 0 Å². The first-order valence-corrected chi connectivity index (χ1v) is 10.3. The van der Waals surface area contributed by atoms with Crippen LogP contribution < -0.4 is 17.0 Å². The van der Waals surface area contributed by atoms with Gasteiger partial charge in [0.15, 0.2) is 0 Å². The van der Waals surface area contributed by atoms with E-state index in [2.05, 4.69) is 85.9 Å². The second kappa shape index (κ2) is 7.53. The number of rotatable bonds is 3. The van der Waals surface area contributed by atoms with E-state index >= 15 is 0 Å². The molecule has 1 aliphatic carbocycles. The lowest BCUT2D eigenvalue weighted by Gasteiger charge is -2.44. The molecule has 0 saturated carbocycles. The van der Waals surface area contributed by atoms with E-state index in [9.17, 15) is 0 Å². The predicted octanol–water partition coefficient (Wildman–Crippen LogP) is 2.57. The standard InChI is InChI=1S/C25H29N2.BrH/c1-27(2)21-11-12-22(27)16-18(15-21)17-24(19-7-4-3-5-8-19)25-23-10-6-9-20(23)13-14-26-25;/h3-10,13-14,17-18,21-22,26H,11-12,15-16H2,1-2H3;1H/q+1;/p-1/b24-17+;/t18?,21-,22+;. The number of benzene rings is 1. The summed E-state index contributed by atoms with van der Waals surface area (Å²) in [6.45, 7) is 0. The van der Waals surface area contributed by atoms with Gasteiger partial charge in [-0.05, 0) is 23.1 Å². The number of quaternary nitrogens is 1. The number of piperidine rings is 1. The number of allylic oxidation sites excluding steroid dienone is 1. The Hall–Kier alpha value is -1.84. The molecule has 1 aromatic rings. The average molecular weight is 437 g/mol. The third-order valence-corrected chi connectivity index (χ3v) is 7.23. The Labute approximate surface area is 179 Å². The number of pyridine rings is 1. The molecule has 3 heteroatoms. The number of fused-ring (bicyclic) bond motifs is 3. The van der Waals surface area contributed by atoms with Crippen LogP contribution in [0.15, 0.2) is 66.9 Å². The van der Waals surface area contributed by atoms with Crippen LogP contribution in [0.4, 0.5) is 0 Å². The smallest absolute Gasteiger partial charge is 0.0896 e. The first kappa shape index (κ1) is 19.5. The molecule has 5 rings (SSSR count). The van der Waals surface area contributed by atoms with E-state index in [1.54, 1.807) is 0 Å². The van der Waals surface area contributed by atoms with Crippen LogP contribution >= 0.6 is 0 Å². The first-order valence-electron chi connectivity index (χ1n) is 10.3. The van der Waals surface area contributed by atoms with Gasteiger partial charge in [0.25, 0.3) is 0 Å². The quantitative estimate of drug-likeness (QED) is 0.607. The van der Waals surface area contributed by atoms with Gasteiger partial charge in [0.1, 0.15) is 0 Å². The molecular formula is C25H29BrN2. The monoisotopic (exact) mass is 436 g/mol. The molecule has 1 unspecified atom stereocenters. The van der Waals surface area contributed by atoms with E-state index in [1.807, 2.05) is 0 Å². The molecule has 1 N–H and O–H groups in total. The van der Waals surface area contributed by atoms with E-state index in [-0.39, 0.29) is 17.0 Å². The molecule has 0 spiro atoms. The fourth-order valence-corrected chi connectivity index (χ4v) is 5.56. The Kier molecular flexibility index (Phi) is 5.24. The van der Waals surface area contributed by atoms with Crippen molar-refractivity contribution < 1.29 is 21.5 Å². The summed E-state index contributed by atoms with van der Waals surface area (Å²) in [6, 6.07) is 21.3. The van der Waals surface area contributed by atoms with Crippen molar-refractivity contribution in [3.63, 3.8) is 0 Å². The second-order valence-electron chi connectivity index (χ2n) is 8.94. The average Bonchev–Trinajstić information content (AvgIpc) is 3.18. The van der Waals surface area contributed by atoms with Crippen molar-refractivity contribution in [1.82, 2.24) is 4.98 Å². The Morgan fingerprint density at radius 3 is 2.36 bits per heavy atom. The fourth-order valence-electron chi connectivity index (χ4n) is 5.56. The largest absolute Gasteiger partial charge is 1.00 e. The van der Waals surface area contributed by atoms with Crippen molar-refractivity contribution in [2.24, 2.45) is 5.92 Å². The van der Waals surface area contributed by atoms with Gasteiger partial charge in [-0.3, -0.25) is 0 Å². The molecule has 28 heavy (non-hydrogen) atoms. The number of aromatic nitrogens is 1. The van der Waals surface area contributed by atoms with E-state index in [4.69, 9.17) is 0 Å². The Bertz CT molecular complexity index is 924. The summed E-state index contributed by atoms with van der Waals surface area (Å²) in [5.41, 5.74) is 6.57. The lowest BCUT2D eigenvalue weighted by atomic mass is 9.85. The van der Waals surface area contributed by atoms with Crippen molar-refractivity contribution in [2.45, 2.75) is 37.8 Å². The van der Waals surface area contributed by atoms with Crippen LogP contribution in [0, 0.1) is 5.92 Å². The number of hydrogen-bond acceptors (Lipinski definition) is 0. The zero-order chi connectivity index (χ0) is 18.4. The van der Waals surface area contributed by atoms with Gasteiger partial charge in [0.2, 0.25) is 0 Å². The third kappa shape index (κ3) is 3.25. The minimum atomic E-state index is 0. The van der Waals surface area contributed by atoms with Gasteiger partial charge in [-0.25, -0.2) is 0 Å². The van der Waals surface area contributed by atoms with E-state index in [0.29, 0.717) is 5.92 Å². The maximum absolute atomic E-state index is 3.57. The number of H-pyrrole nitrogens is 1. The second-order valence-corrected chi connectivity index (χ2v) is 8.94. The van der Waals surface area contributed by atoms with Gasteiger partial charge in [-0.1, -0.05) is 54.6 Å². The van der Waals surface area contributed by atoms with Gasteiger partial charge >= 0.3 is 0 Å². The number of hydrogen-bond donors (Lipinski definition) is 1. The molecule has 0 radical (unpaired) electrons. The van der Waals surface area contributed by atoms with Gasteiger partial charge in [-0.2, -0.15) is 0 Å². The number of nitrogens with zero attached hydrogens (tertiary/aromatic N) is 1. The summed E-state index contributed by atoms with van der Waals surface area (Å²) in [5.74, 6) is 0.669. The van der Waals surface area contributed by atoms with Crippen LogP contribution in [0.5, 0.6) is 0 Å². The van der Waals surface area contributed by atoms with Crippen molar-refractivity contribution in [3.05, 3.63) is 78.1 Å². The van der Waals surface area contributed by atoms with Crippen molar-refractivity contribution in [1.29, 1.82) is 0 Å². The molecule has 2 nitrogen and oxygen atoms in total. The molecule has 2 fully saturated rings. The highest BCUT2D eigenvalue weighted by Crippen LogP contribution is 2.44. The SMILES string of the molecule is C[N+]1(C)[C@@H]2CC[C@H]1CC(/C=C(\c1ccccc1)c1[nH]ccc3cccc1-3)C2.[Br-]. The molecule has 1 aromatic carbocycles. The highest BCUT2D eigenvalue weighted by Gasteiger charge is 2.48. The number of aromatic amines is 1. The predicted molar refractivity (Wildman–Crippen MR) is 113 cm³/mol. The maximum Gasteiger partial charge on any atom is 0.0896 e. The van der Waals surface area contributed by atoms with Crippen LogP contribution in [0.3, 0.4) is 0 Å². The topological polar surface area (TPSA) is 15.8 Å². The van der Waals surface area contributed by atoms with Crippen LogP contribution in [0.25, 0.3) is 16.7 Å². The van der Waals surface area contributed by atoms with Crippen LogP contribution in [0.2, 0.25) is 0 Å².